The van der Waals surface area contributed by atoms with Gasteiger partial charge in [0, 0.05) is 12.4 Å². The highest BCUT2D eigenvalue weighted by atomic mass is 35.5. The Kier molecular flexibility index (Phi) is 4.24. The number of nitrogens with one attached hydrogen (secondary N) is 1. The molecule has 0 aliphatic rings. The number of aromatic nitrogens is 2. The highest BCUT2D eigenvalue weighted by molar-refractivity contribution is 5.85. The predicted molar refractivity (Wildman–Crippen MR) is 41.8 cm³/mol. The Hall–Kier alpha value is -1.07. The maximum Gasteiger partial charge on any atom is 0.253 e. The molecule has 0 radical (unpaired) electrons. The zero-order valence-electron chi connectivity index (χ0n) is 5.73. The summed E-state index contributed by atoms with van der Waals surface area (Å²) in [5, 5.41) is 0. The van der Waals surface area contributed by atoms with E-state index in [-0.39, 0.29) is 24.9 Å². The number of nitrogens with zero attached hydrogens (tertiary/aromatic N) is 2. The maximum atomic E-state index is 10.6. The van der Waals surface area contributed by atoms with Crippen molar-refractivity contribution in [1.82, 2.24) is 15.0 Å². The van der Waals surface area contributed by atoms with Gasteiger partial charge in [-0.05, 0) is 0 Å². The molecule has 3 N–H and O–H groups in total. The van der Waals surface area contributed by atoms with E-state index in [0.717, 1.165) is 0 Å². The first-order valence-electron chi connectivity index (χ1n) is 2.78. The second kappa shape index (κ2) is 4.70. The van der Waals surface area contributed by atoms with Crippen LogP contribution in [0, 0.1) is 0 Å². The summed E-state index contributed by atoms with van der Waals surface area (Å²) in [4.78, 5) is 14.3. The SMILES string of the molecule is Cl.NNC(=O)Cn1ccnc1. The van der Waals surface area contributed by atoms with Crippen LogP contribution in [0.4, 0.5) is 0 Å². The number of carbonyl (C=O) groups is 1. The van der Waals surface area contributed by atoms with Gasteiger partial charge in [0.1, 0.15) is 6.54 Å². The molecule has 0 bridgehead atoms. The number of rotatable bonds is 2. The van der Waals surface area contributed by atoms with Crippen LogP contribution < -0.4 is 11.3 Å². The van der Waals surface area contributed by atoms with Gasteiger partial charge in [0.15, 0.2) is 0 Å². The normalized spacial score (nSPS) is 8.45. The molecule has 0 spiro atoms. The Balaban J connectivity index is 0.000001000. The van der Waals surface area contributed by atoms with Crippen LogP contribution >= 0.6 is 12.4 Å². The van der Waals surface area contributed by atoms with Crippen LogP contribution in [0.15, 0.2) is 18.7 Å². The summed E-state index contributed by atoms with van der Waals surface area (Å²) in [6, 6.07) is 0. The molecule has 0 saturated carbocycles. The van der Waals surface area contributed by atoms with Crippen LogP contribution in [0.3, 0.4) is 0 Å². The molecule has 0 aliphatic carbocycles. The van der Waals surface area contributed by atoms with Gasteiger partial charge >= 0.3 is 0 Å². The number of imidazole rings is 1. The van der Waals surface area contributed by atoms with E-state index in [1.54, 1.807) is 23.3 Å². The van der Waals surface area contributed by atoms with Gasteiger partial charge in [0.2, 0.25) is 0 Å². The lowest BCUT2D eigenvalue weighted by atomic mass is 10.6. The summed E-state index contributed by atoms with van der Waals surface area (Å²) in [6.07, 6.45) is 4.84. The highest BCUT2D eigenvalue weighted by Gasteiger charge is 1.96. The van der Waals surface area contributed by atoms with Crippen LogP contribution in [0.25, 0.3) is 0 Å². The fourth-order valence-electron chi connectivity index (χ4n) is 0.592. The fraction of sp³-hybridized carbons (Fsp3) is 0.200. The minimum atomic E-state index is -0.238. The van der Waals surface area contributed by atoms with Crippen molar-refractivity contribution in [2.75, 3.05) is 0 Å². The Morgan fingerprint density at radius 3 is 2.91 bits per heavy atom. The molecule has 0 aliphatic heterocycles. The molecule has 0 atom stereocenters. The molecule has 5 nitrogen and oxygen atoms in total. The van der Waals surface area contributed by atoms with Crippen molar-refractivity contribution < 1.29 is 4.79 Å². The average molecular weight is 177 g/mol. The summed E-state index contributed by atoms with van der Waals surface area (Å²) >= 11 is 0. The van der Waals surface area contributed by atoms with E-state index in [1.165, 1.54) is 0 Å². The van der Waals surface area contributed by atoms with Gasteiger partial charge in [-0.15, -0.1) is 12.4 Å². The lowest BCUT2D eigenvalue weighted by molar-refractivity contribution is -0.121. The number of amides is 1. The third-order valence-corrected chi connectivity index (χ3v) is 1.05. The number of halogens is 1. The summed E-state index contributed by atoms with van der Waals surface area (Å²) < 4.78 is 1.63. The smallest absolute Gasteiger partial charge is 0.253 e. The highest BCUT2D eigenvalue weighted by Crippen LogP contribution is 1.83. The van der Waals surface area contributed by atoms with E-state index >= 15 is 0 Å². The lowest BCUT2D eigenvalue weighted by Gasteiger charge is -1.97. The van der Waals surface area contributed by atoms with E-state index in [0.29, 0.717) is 0 Å². The van der Waals surface area contributed by atoms with E-state index < -0.39 is 0 Å². The van der Waals surface area contributed by atoms with Crippen molar-refractivity contribution in [3.05, 3.63) is 18.7 Å². The number of hydrogen-bond acceptors (Lipinski definition) is 3. The van der Waals surface area contributed by atoms with Gasteiger partial charge in [-0.3, -0.25) is 10.2 Å². The van der Waals surface area contributed by atoms with Crippen molar-refractivity contribution >= 4 is 18.3 Å². The molecule has 1 rings (SSSR count). The van der Waals surface area contributed by atoms with Gasteiger partial charge in [0.25, 0.3) is 5.91 Å². The monoisotopic (exact) mass is 176 g/mol. The fourth-order valence-corrected chi connectivity index (χ4v) is 0.592. The molecule has 1 heterocycles. The summed E-state index contributed by atoms with van der Waals surface area (Å²) in [5.41, 5.74) is 2.02. The molecule has 6 heteroatoms. The van der Waals surface area contributed by atoms with E-state index in [2.05, 4.69) is 4.98 Å². The van der Waals surface area contributed by atoms with E-state index in [9.17, 15) is 4.79 Å². The predicted octanol–water partition coefficient (Wildman–Crippen LogP) is -0.705. The average Bonchev–Trinajstić information content (AvgIpc) is 2.40. The zero-order chi connectivity index (χ0) is 7.40. The minimum absolute atomic E-state index is 0. The Labute approximate surface area is 70.0 Å². The Morgan fingerprint density at radius 2 is 2.45 bits per heavy atom. The lowest BCUT2D eigenvalue weighted by Crippen LogP contribution is -2.32. The number of nitrogens with two attached hydrogens (primary N) is 1. The molecule has 1 amide bonds. The molecule has 0 fully saturated rings. The largest absolute Gasteiger partial charge is 0.328 e. The third-order valence-electron chi connectivity index (χ3n) is 1.05. The summed E-state index contributed by atoms with van der Waals surface area (Å²) in [7, 11) is 0. The number of hydrazine groups is 1. The van der Waals surface area contributed by atoms with Gasteiger partial charge in [-0.1, -0.05) is 0 Å². The van der Waals surface area contributed by atoms with Crippen LogP contribution in [0.2, 0.25) is 0 Å². The van der Waals surface area contributed by atoms with Crippen LogP contribution in [0.1, 0.15) is 0 Å². The Bertz CT molecular complexity index is 210. The maximum absolute atomic E-state index is 10.6. The molecule has 11 heavy (non-hydrogen) atoms. The first-order valence-corrected chi connectivity index (χ1v) is 2.78. The quantitative estimate of drug-likeness (QED) is 0.356. The molecular weight excluding hydrogens is 168 g/mol. The first kappa shape index (κ1) is 9.93. The standard InChI is InChI=1S/C5H8N4O.ClH/c6-8-5(10)3-9-2-1-7-4-9;/h1-2,4H,3,6H2,(H,8,10);1H. The van der Waals surface area contributed by atoms with Crippen molar-refractivity contribution in [2.45, 2.75) is 6.54 Å². The Morgan fingerprint density at radius 1 is 1.73 bits per heavy atom. The molecule has 1 aromatic heterocycles. The molecule has 62 valence electrons. The van der Waals surface area contributed by atoms with E-state index in [4.69, 9.17) is 5.84 Å². The molecule has 0 unspecified atom stereocenters. The van der Waals surface area contributed by atoms with Gasteiger partial charge in [-0.2, -0.15) is 0 Å². The van der Waals surface area contributed by atoms with Crippen molar-refractivity contribution in [1.29, 1.82) is 0 Å². The first-order chi connectivity index (χ1) is 4.83. The minimum Gasteiger partial charge on any atom is -0.328 e. The van der Waals surface area contributed by atoms with Gasteiger partial charge in [0.05, 0.1) is 6.33 Å². The zero-order valence-corrected chi connectivity index (χ0v) is 6.54. The van der Waals surface area contributed by atoms with Gasteiger partial charge in [-0.25, -0.2) is 10.8 Å². The molecule has 0 saturated heterocycles. The summed E-state index contributed by atoms with van der Waals surface area (Å²) in [5.74, 6) is 4.62. The van der Waals surface area contributed by atoms with Crippen molar-refractivity contribution in [3.8, 4) is 0 Å². The second-order valence-electron chi connectivity index (χ2n) is 1.80. The number of hydrogen-bond donors (Lipinski definition) is 2. The van der Waals surface area contributed by atoms with Crippen LogP contribution in [-0.4, -0.2) is 15.5 Å². The second-order valence-corrected chi connectivity index (χ2v) is 1.80. The molecular formula is C5H9ClN4O. The van der Waals surface area contributed by atoms with Crippen molar-refractivity contribution in [2.24, 2.45) is 5.84 Å². The summed E-state index contributed by atoms with van der Waals surface area (Å²) in [6.45, 7) is 0.219. The molecule has 1 aromatic rings. The number of carbonyl (C=O) groups excluding carboxylic acids is 1. The van der Waals surface area contributed by atoms with Crippen LogP contribution in [0.5, 0.6) is 0 Å². The van der Waals surface area contributed by atoms with Gasteiger partial charge < -0.3 is 4.57 Å². The topological polar surface area (TPSA) is 72.9 Å². The van der Waals surface area contributed by atoms with Crippen molar-refractivity contribution in [3.63, 3.8) is 0 Å². The van der Waals surface area contributed by atoms with Crippen LogP contribution in [-0.2, 0) is 11.3 Å². The third kappa shape index (κ3) is 3.01. The van der Waals surface area contributed by atoms with E-state index in [1.807, 2.05) is 5.43 Å². The molecule has 0 aromatic carbocycles.